The van der Waals surface area contributed by atoms with Gasteiger partial charge in [-0.15, -0.1) is 11.8 Å². The minimum absolute atomic E-state index is 0.128. The van der Waals surface area contributed by atoms with Crippen LogP contribution in [0.1, 0.15) is 17.0 Å². The number of oxime groups is 1. The number of hydrogen-bond acceptors (Lipinski definition) is 4. The number of alkyl halides is 3. The second-order valence-electron chi connectivity index (χ2n) is 5.70. The number of nitrogens with zero attached hydrogens (tertiary/aromatic N) is 3. The molecule has 2 aromatic carbocycles. The zero-order valence-electron chi connectivity index (χ0n) is 14.1. The fraction of sp³-hybridized carbons (Fsp3) is 0.158. The van der Waals surface area contributed by atoms with Crippen molar-refractivity contribution in [3.8, 4) is 0 Å². The topological polar surface area (TPSA) is 50.4 Å². The Kier molecular flexibility index (Phi) is 5.85. The summed E-state index contributed by atoms with van der Waals surface area (Å²) in [5, 5.41) is 16.3. The van der Waals surface area contributed by atoms with Crippen LogP contribution in [-0.4, -0.2) is 26.5 Å². The number of rotatable bonds is 6. The van der Waals surface area contributed by atoms with Crippen LogP contribution >= 0.6 is 11.8 Å². The summed E-state index contributed by atoms with van der Waals surface area (Å²) in [7, 11) is 0. The van der Waals surface area contributed by atoms with E-state index in [1.165, 1.54) is 16.4 Å². The van der Waals surface area contributed by atoms with Gasteiger partial charge in [-0.05, 0) is 23.8 Å². The lowest BCUT2D eigenvalue weighted by Gasteiger charge is -2.09. The first-order valence-corrected chi connectivity index (χ1v) is 9.04. The van der Waals surface area contributed by atoms with Crippen molar-refractivity contribution >= 4 is 17.5 Å². The molecule has 140 valence electrons. The van der Waals surface area contributed by atoms with E-state index < -0.39 is 11.9 Å². The van der Waals surface area contributed by atoms with Crippen molar-refractivity contribution in [1.82, 2.24) is 9.78 Å². The van der Waals surface area contributed by atoms with Gasteiger partial charge in [0.15, 0.2) is 5.69 Å². The number of thioether (sulfide) groups is 1. The van der Waals surface area contributed by atoms with Crippen molar-refractivity contribution in [2.24, 2.45) is 5.16 Å². The molecule has 0 spiro atoms. The van der Waals surface area contributed by atoms with Crippen LogP contribution in [-0.2, 0) is 12.7 Å². The molecule has 0 atom stereocenters. The molecule has 0 bridgehead atoms. The van der Waals surface area contributed by atoms with E-state index in [1.54, 1.807) is 24.3 Å². The van der Waals surface area contributed by atoms with Gasteiger partial charge in [-0.3, -0.25) is 4.68 Å². The van der Waals surface area contributed by atoms with E-state index in [0.29, 0.717) is 0 Å². The Balaban J connectivity index is 1.90. The summed E-state index contributed by atoms with van der Waals surface area (Å²) in [5.41, 5.74) is 0.0442. The quantitative estimate of drug-likeness (QED) is 0.281. The molecule has 0 saturated heterocycles. The van der Waals surface area contributed by atoms with Crippen LogP contribution in [0.5, 0.6) is 0 Å². The highest BCUT2D eigenvalue weighted by molar-refractivity contribution is 8.00. The van der Waals surface area contributed by atoms with Crippen LogP contribution < -0.4 is 0 Å². The van der Waals surface area contributed by atoms with Gasteiger partial charge in [-0.25, -0.2) is 0 Å². The Labute approximate surface area is 158 Å². The van der Waals surface area contributed by atoms with Gasteiger partial charge in [0.05, 0.1) is 12.2 Å². The summed E-state index contributed by atoms with van der Waals surface area (Å²) >= 11 is 1.37. The highest BCUT2D eigenvalue weighted by Crippen LogP contribution is 2.29. The minimum atomic E-state index is -4.58. The molecule has 4 nitrogen and oxygen atoms in total. The van der Waals surface area contributed by atoms with Crippen molar-refractivity contribution in [3.63, 3.8) is 0 Å². The molecule has 3 rings (SSSR count). The first-order valence-electron chi connectivity index (χ1n) is 8.05. The van der Waals surface area contributed by atoms with Crippen LogP contribution in [0.25, 0.3) is 0 Å². The molecule has 0 unspecified atom stereocenters. The Morgan fingerprint density at radius 2 is 1.67 bits per heavy atom. The number of aromatic nitrogens is 2. The average Bonchev–Trinajstić information content (AvgIpc) is 3.08. The molecule has 1 aromatic heterocycles. The molecule has 8 heteroatoms. The average molecular weight is 391 g/mol. The third-order valence-electron chi connectivity index (χ3n) is 3.78. The van der Waals surface area contributed by atoms with E-state index in [9.17, 15) is 18.4 Å². The Hall–Kier alpha value is -2.74. The normalized spacial score (nSPS) is 12.3. The highest BCUT2D eigenvalue weighted by Gasteiger charge is 2.35. The molecule has 0 aliphatic heterocycles. The standard InChI is InChI=1S/C19H16F3N3OS/c20-19(21,22)18-11-17(25(23-18)12-14-7-3-1-4-8-14)16(24-26)13-27-15-9-5-2-6-10-15/h1-11,26H,12-13H2/b24-16+. The summed E-state index contributed by atoms with van der Waals surface area (Å²) in [6.45, 7) is 0.140. The summed E-state index contributed by atoms with van der Waals surface area (Å²) in [6, 6.07) is 19.3. The van der Waals surface area contributed by atoms with Crippen LogP contribution in [0.3, 0.4) is 0 Å². The van der Waals surface area contributed by atoms with Crippen molar-refractivity contribution in [2.75, 3.05) is 5.75 Å². The fourth-order valence-corrected chi connectivity index (χ4v) is 3.35. The molecule has 1 N–H and O–H groups in total. The predicted octanol–water partition coefficient (Wildman–Crippen LogP) is 4.92. The summed E-state index contributed by atoms with van der Waals surface area (Å²) < 4.78 is 40.7. The highest BCUT2D eigenvalue weighted by atomic mass is 32.2. The largest absolute Gasteiger partial charge is 0.435 e. The van der Waals surface area contributed by atoms with Gasteiger partial charge in [0.25, 0.3) is 0 Å². The predicted molar refractivity (Wildman–Crippen MR) is 98.3 cm³/mol. The third kappa shape index (κ3) is 4.91. The zero-order valence-corrected chi connectivity index (χ0v) is 14.9. The Bertz CT molecular complexity index is 909. The summed E-state index contributed by atoms with van der Waals surface area (Å²) in [5.74, 6) is 0.207. The number of hydrogen-bond donors (Lipinski definition) is 1. The molecule has 3 aromatic rings. The van der Waals surface area contributed by atoms with Gasteiger partial charge in [-0.1, -0.05) is 53.7 Å². The van der Waals surface area contributed by atoms with Crippen molar-refractivity contribution < 1.29 is 18.4 Å². The third-order valence-corrected chi connectivity index (χ3v) is 4.80. The molecule has 0 radical (unpaired) electrons. The lowest BCUT2D eigenvalue weighted by molar-refractivity contribution is -0.141. The van der Waals surface area contributed by atoms with Gasteiger partial charge in [0, 0.05) is 10.6 Å². The maximum absolute atomic E-state index is 13.2. The molecule has 0 amide bonds. The zero-order chi connectivity index (χ0) is 19.3. The van der Waals surface area contributed by atoms with Crippen molar-refractivity contribution in [3.05, 3.63) is 83.7 Å². The number of halogens is 3. The SMILES string of the molecule is O/N=C(\CSc1ccccc1)c1cc(C(F)(F)F)nn1Cc1ccccc1. The first-order chi connectivity index (χ1) is 13.0. The fourth-order valence-electron chi connectivity index (χ4n) is 2.49. The van der Waals surface area contributed by atoms with Gasteiger partial charge < -0.3 is 5.21 Å². The van der Waals surface area contributed by atoms with Crippen molar-refractivity contribution in [1.29, 1.82) is 0 Å². The Morgan fingerprint density at radius 1 is 1.04 bits per heavy atom. The van der Waals surface area contributed by atoms with E-state index in [-0.39, 0.29) is 23.7 Å². The molecule has 0 fully saturated rings. The van der Waals surface area contributed by atoms with E-state index in [1.807, 2.05) is 36.4 Å². The van der Waals surface area contributed by atoms with E-state index in [0.717, 1.165) is 16.5 Å². The minimum Gasteiger partial charge on any atom is -0.411 e. The van der Waals surface area contributed by atoms with Crippen LogP contribution in [0, 0.1) is 0 Å². The van der Waals surface area contributed by atoms with Gasteiger partial charge in [0.1, 0.15) is 5.71 Å². The first kappa shape index (κ1) is 19.0. The second kappa shape index (κ2) is 8.30. The van der Waals surface area contributed by atoms with E-state index in [2.05, 4.69) is 10.3 Å². The molecule has 27 heavy (non-hydrogen) atoms. The van der Waals surface area contributed by atoms with Gasteiger partial charge >= 0.3 is 6.18 Å². The van der Waals surface area contributed by atoms with E-state index in [4.69, 9.17) is 0 Å². The molecule has 0 aliphatic rings. The molecule has 0 aliphatic carbocycles. The second-order valence-corrected chi connectivity index (χ2v) is 6.75. The Morgan fingerprint density at radius 3 is 2.26 bits per heavy atom. The maximum Gasteiger partial charge on any atom is 0.435 e. The van der Waals surface area contributed by atoms with Crippen LogP contribution in [0.2, 0.25) is 0 Å². The summed E-state index contributed by atoms with van der Waals surface area (Å²) in [6.07, 6.45) is -4.58. The smallest absolute Gasteiger partial charge is 0.411 e. The van der Waals surface area contributed by atoms with E-state index >= 15 is 0 Å². The van der Waals surface area contributed by atoms with Gasteiger partial charge in [-0.2, -0.15) is 18.3 Å². The molecule has 0 saturated carbocycles. The lowest BCUT2D eigenvalue weighted by Crippen LogP contribution is -2.14. The summed E-state index contributed by atoms with van der Waals surface area (Å²) in [4.78, 5) is 0.920. The lowest BCUT2D eigenvalue weighted by atomic mass is 10.2. The molecule has 1 heterocycles. The molecular weight excluding hydrogens is 375 g/mol. The van der Waals surface area contributed by atoms with Crippen LogP contribution in [0.4, 0.5) is 13.2 Å². The van der Waals surface area contributed by atoms with Crippen LogP contribution in [0.15, 0.2) is 76.8 Å². The van der Waals surface area contributed by atoms with Gasteiger partial charge in [0.2, 0.25) is 0 Å². The van der Waals surface area contributed by atoms with Crippen molar-refractivity contribution in [2.45, 2.75) is 17.6 Å². The maximum atomic E-state index is 13.2. The monoisotopic (exact) mass is 391 g/mol. The molecular formula is C19H16F3N3OS. The number of benzene rings is 2.